The second-order valence-corrected chi connectivity index (χ2v) is 10.3. The number of nitrogens with one attached hydrogen (secondary N) is 1. The molecule has 1 aliphatic rings. The third kappa shape index (κ3) is 5.14. The van der Waals surface area contributed by atoms with E-state index in [1.807, 2.05) is 27.7 Å². The third-order valence-electron chi connectivity index (χ3n) is 6.63. The molecule has 1 aromatic rings. The van der Waals surface area contributed by atoms with Crippen molar-refractivity contribution in [2.24, 2.45) is 5.92 Å². The third-order valence-corrected chi connectivity index (χ3v) is 8.93. The number of aromatic amines is 1. The topological polar surface area (TPSA) is 142 Å². The van der Waals surface area contributed by atoms with Gasteiger partial charge in [-0.1, -0.05) is 27.7 Å². The highest BCUT2D eigenvalue weighted by atomic mass is 31.2. The fourth-order valence-corrected chi connectivity index (χ4v) is 6.51. The lowest BCUT2D eigenvalue weighted by molar-refractivity contribution is -0.0272. The van der Waals surface area contributed by atoms with E-state index in [9.17, 15) is 29.3 Å². The highest BCUT2D eigenvalue weighted by Crippen LogP contribution is 2.56. The van der Waals surface area contributed by atoms with Crippen molar-refractivity contribution in [3.63, 3.8) is 0 Å². The first-order valence-electron chi connectivity index (χ1n) is 10.7. The molecule has 0 spiro atoms. The van der Waals surface area contributed by atoms with Crippen LogP contribution in [0.15, 0.2) is 21.9 Å². The normalized spacial score (nSPS) is 26.8. The number of aliphatic hydroxyl groups is 2. The Morgan fingerprint density at radius 1 is 1.20 bits per heavy atom. The fourth-order valence-electron chi connectivity index (χ4n) is 4.55. The van der Waals surface area contributed by atoms with Crippen LogP contribution in [-0.2, 0) is 9.09 Å². The van der Waals surface area contributed by atoms with Gasteiger partial charge in [-0.05, 0) is 44.4 Å². The molecule has 4 N–H and O–H groups in total. The van der Waals surface area contributed by atoms with Gasteiger partial charge in [-0.15, -0.1) is 0 Å². The van der Waals surface area contributed by atoms with Crippen LogP contribution in [0.2, 0.25) is 0 Å². The van der Waals surface area contributed by atoms with Crippen LogP contribution >= 0.6 is 7.60 Å². The Hall–Kier alpha value is -1.25. The minimum absolute atomic E-state index is 0.275. The molecule has 2 unspecified atom stereocenters. The van der Waals surface area contributed by atoms with Crippen LogP contribution in [0.1, 0.15) is 72.3 Å². The van der Waals surface area contributed by atoms with Crippen molar-refractivity contribution in [3.8, 4) is 0 Å². The van der Waals surface area contributed by atoms with Crippen molar-refractivity contribution < 1.29 is 24.2 Å². The highest BCUT2D eigenvalue weighted by molar-refractivity contribution is 7.53. The van der Waals surface area contributed by atoms with Gasteiger partial charge in [0.25, 0.3) is 5.56 Å². The zero-order valence-corrected chi connectivity index (χ0v) is 19.0. The van der Waals surface area contributed by atoms with Crippen LogP contribution in [0, 0.1) is 5.92 Å². The summed E-state index contributed by atoms with van der Waals surface area (Å²) < 4.78 is 20.0. The molecule has 1 aliphatic carbocycles. The van der Waals surface area contributed by atoms with Crippen LogP contribution in [0.25, 0.3) is 0 Å². The van der Waals surface area contributed by atoms with Gasteiger partial charge < -0.3 is 19.6 Å². The minimum Gasteiger partial charge on any atom is -0.390 e. The summed E-state index contributed by atoms with van der Waals surface area (Å²) in [5.74, 6) is -0.439. The van der Waals surface area contributed by atoms with Crippen LogP contribution < -0.4 is 11.2 Å². The molecule has 10 heteroatoms. The molecule has 0 amide bonds. The van der Waals surface area contributed by atoms with E-state index in [2.05, 4.69) is 4.98 Å². The van der Waals surface area contributed by atoms with Crippen molar-refractivity contribution in [1.82, 2.24) is 9.55 Å². The molecule has 0 aliphatic heterocycles. The Kier molecular flexibility index (Phi) is 8.27. The van der Waals surface area contributed by atoms with Crippen LogP contribution in [0.3, 0.4) is 0 Å². The van der Waals surface area contributed by atoms with Crippen LogP contribution in [0.5, 0.6) is 0 Å². The standard InChI is InChI=1S/C20H35N2O7P/c1-5-14(6-2)30(27,28)29-20(7-3,8-4)12-13-11-15(18(25)17(13)24)22-10-9-16(23)21-19(22)26/h9-10,13-15,17-18,24-25H,5-8,11-12H2,1-4H3,(H,27,28)(H,21,23,26)/t13?,15-,17-,18+/m1/s1. The zero-order valence-electron chi connectivity index (χ0n) is 18.2. The summed E-state index contributed by atoms with van der Waals surface area (Å²) in [5, 5.41) is 21.2. The highest BCUT2D eigenvalue weighted by Gasteiger charge is 2.48. The monoisotopic (exact) mass is 446 g/mol. The minimum atomic E-state index is -3.87. The van der Waals surface area contributed by atoms with Gasteiger partial charge in [0.15, 0.2) is 0 Å². The van der Waals surface area contributed by atoms with Gasteiger partial charge in [0.2, 0.25) is 0 Å². The lowest BCUT2D eigenvalue weighted by Gasteiger charge is -2.38. The van der Waals surface area contributed by atoms with Crippen LogP contribution in [-0.4, -0.2) is 48.1 Å². The Balaban J connectivity index is 2.27. The molecule has 0 radical (unpaired) electrons. The predicted octanol–water partition coefficient (Wildman–Crippen LogP) is 2.16. The van der Waals surface area contributed by atoms with Gasteiger partial charge in [-0.3, -0.25) is 18.9 Å². The molecule has 0 bridgehead atoms. The first kappa shape index (κ1) is 25.0. The van der Waals surface area contributed by atoms with E-state index in [4.69, 9.17) is 4.52 Å². The van der Waals surface area contributed by atoms with Gasteiger partial charge in [0.05, 0.1) is 23.4 Å². The maximum absolute atomic E-state index is 12.9. The maximum Gasteiger partial charge on any atom is 0.331 e. The summed E-state index contributed by atoms with van der Waals surface area (Å²) in [6.45, 7) is 7.45. The van der Waals surface area contributed by atoms with E-state index < -0.39 is 54.3 Å². The molecule has 30 heavy (non-hydrogen) atoms. The fraction of sp³-hybridized carbons (Fsp3) is 0.800. The Labute approximate surface area is 176 Å². The Bertz CT molecular complexity index is 859. The van der Waals surface area contributed by atoms with Gasteiger partial charge in [-0.2, -0.15) is 0 Å². The van der Waals surface area contributed by atoms with Crippen molar-refractivity contribution in [3.05, 3.63) is 33.1 Å². The van der Waals surface area contributed by atoms with E-state index in [0.29, 0.717) is 25.7 Å². The first-order valence-corrected chi connectivity index (χ1v) is 12.4. The second-order valence-electron chi connectivity index (χ2n) is 8.28. The van der Waals surface area contributed by atoms with E-state index in [1.165, 1.54) is 16.8 Å². The van der Waals surface area contributed by atoms with E-state index in [-0.39, 0.29) is 12.8 Å². The maximum atomic E-state index is 12.9. The summed E-state index contributed by atoms with van der Waals surface area (Å²) in [7, 11) is -3.87. The average molecular weight is 446 g/mol. The molecule has 1 aromatic heterocycles. The Morgan fingerprint density at radius 3 is 2.30 bits per heavy atom. The molecule has 1 fully saturated rings. The lowest BCUT2D eigenvalue weighted by Crippen LogP contribution is -2.38. The number of hydrogen-bond donors (Lipinski definition) is 4. The average Bonchev–Trinajstić information content (AvgIpc) is 2.96. The van der Waals surface area contributed by atoms with Crippen LogP contribution in [0.4, 0.5) is 0 Å². The Morgan fingerprint density at radius 2 is 1.80 bits per heavy atom. The molecule has 1 heterocycles. The lowest BCUT2D eigenvalue weighted by atomic mass is 9.84. The summed E-state index contributed by atoms with van der Waals surface area (Å²) in [6, 6.07) is 0.484. The second kappa shape index (κ2) is 9.92. The number of nitrogens with zero attached hydrogens (tertiary/aromatic N) is 1. The van der Waals surface area contributed by atoms with Gasteiger partial charge in [0.1, 0.15) is 6.10 Å². The molecule has 9 nitrogen and oxygen atoms in total. The van der Waals surface area contributed by atoms with E-state index >= 15 is 0 Å². The molecule has 2 rings (SSSR count). The molecule has 1 saturated carbocycles. The van der Waals surface area contributed by atoms with E-state index in [0.717, 1.165) is 0 Å². The zero-order chi connectivity index (χ0) is 22.7. The number of aromatic nitrogens is 2. The summed E-state index contributed by atoms with van der Waals surface area (Å²) in [6.07, 6.45) is 1.52. The SMILES string of the molecule is CCC(CC)P(=O)(O)OC(CC)(CC)CC1C[C@@H](n2ccc(=O)[nH]c2=O)[C@H](O)[C@@H]1O. The summed E-state index contributed by atoms with van der Waals surface area (Å²) >= 11 is 0. The van der Waals surface area contributed by atoms with Crippen molar-refractivity contribution in [1.29, 1.82) is 0 Å². The number of H-pyrrole nitrogens is 1. The summed E-state index contributed by atoms with van der Waals surface area (Å²) in [4.78, 5) is 36.2. The molecule has 0 saturated heterocycles. The number of hydrogen-bond acceptors (Lipinski definition) is 6. The van der Waals surface area contributed by atoms with Gasteiger partial charge >= 0.3 is 13.3 Å². The van der Waals surface area contributed by atoms with Gasteiger partial charge in [0, 0.05) is 12.3 Å². The molecule has 172 valence electrons. The number of aliphatic hydroxyl groups excluding tert-OH is 2. The molecule has 0 aromatic carbocycles. The van der Waals surface area contributed by atoms with E-state index in [1.54, 1.807) is 0 Å². The van der Waals surface area contributed by atoms with Crippen molar-refractivity contribution in [2.75, 3.05) is 0 Å². The number of rotatable bonds is 10. The predicted molar refractivity (Wildman–Crippen MR) is 114 cm³/mol. The molecule has 5 atom stereocenters. The quantitative estimate of drug-likeness (QED) is 0.404. The van der Waals surface area contributed by atoms with Crippen molar-refractivity contribution in [2.45, 2.75) is 95.7 Å². The van der Waals surface area contributed by atoms with Gasteiger partial charge in [-0.25, -0.2) is 4.79 Å². The van der Waals surface area contributed by atoms with Crippen molar-refractivity contribution >= 4 is 7.60 Å². The molecular formula is C20H35N2O7P. The molecular weight excluding hydrogens is 411 g/mol. The largest absolute Gasteiger partial charge is 0.390 e. The summed E-state index contributed by atoms with van der Waals surface area (Å²) in [5.41, 5.74) is -2.57. The smallest absolute Gasteiger partial charge is 0.331 e. The first-order chi connectivity index (χ1) is 14.0.